The maximum atomic E-state index is 12.0. The molecule has 0 amide bonds. The Hall–Kier alpha value is -0.860. The molecule has 4 unspecified atom stereocenters. The molecule has 4 rings (SSSR count). The van der Waals surface area contributed by atoms with Crippen LogP contribution in [0.1, 0.15) is 22.3 Å². The summed E-state index contributed by atoms with van der Waals surface area (Å²) in [7, 11) is 13.3. The van der Waals surface area contributed by atoms with Crippen molar-refractivity contribution in [2.45, 2.75) is 11.3 Å². The SMILES string of the molecule is COC(=O)c1ccc(-c2cccc(Br)c2)c(Cl)c1.O=S(=O)(Cl)c1ccc(C(F)F)cc1.PPP(P)P.[C-]#[N+]c1cccc(OC)c1Br. The first-order chi connectivity index (χ1) is 22.1. The molecule has 0 aliphatic heterocycles. The van der Waals surface area contributed by atoms with Crippen LogP contribution in [0.15, 0.2) is 98.8 Å². The van der Waals surface area contributed by atoms with Gasteiger partial charge in [-0.05, 0) is 55.0 Å². The van der Waals surface area contributed by atoms with Gasteiger partial charge < -0.3 is 9.47 Å². The summed E-state index contributed by atoms with van der Waals surface area (Å²) in [5.74, 6) is 0.302. The fraction of sp³-hybridized carbons (Fsp3) is 0.103. The molecule has 0 aliphatic carbocycles. The van der Waals surface area contributed by atoms with Crippen LogP contribution in [0.5, 0.6) is 5.75 Å². The molecule has 0 N–H and O–H groups in total. The van der Waals surface area contributed by atoms with Crippen LogP contribution in [0.2, 0.25) is 5.02 Å². The standard InChI is InChI=1S/C14H10BrClO2.C8H6BrNO.C7H5ClF2O2S.H7P5/c1-18-14(17)10-5-6-12(13(16)8-10)9-3-2-4-11(15)7-9;1-10-6-4-3-5-7(11-2)8(6)9;8-13(11,12)6-3-1-5(2-4-6)7(9)10;1-4-5(2)3/h2-8H,1H3;3-5H,2H3;1-4,7H;4H,1-3H2. The number of nitrogens with zero attached hydrogens (tertiary/aromatic N) is 1. The molecule has 0 spiro atoms. The Balaban J connectivity index is 0.000000338. The van der Waals surface area contributed by atoms with Crippen molar-refractivity contribution in [3.63, 3.8) is 0 Å². The van der Waals surface area contributed by atoms with Crippen molar-refractivity contribution in [1.82, 2.24) is 0 Å². The van der Waals surface area contributed by atoms with E-state index >= 15 is 0 Å². The van der Waals surface area contributed by atoms with E-state index in [0.29, 0.717) is 22.0 Å². The van der Waals surface area contributed by atoms with Crippen LogP contribution in [0.3, 0.4) is 0 Å². The highest BCUT2D eigenvalue weighted by molar-refractivity contribution is 9.11. The largest absolute Gasteiger partial charge is 0.497 e. The topological polar surface area (TPSA) is 74.0 Å². The molecule has 4 atom stereocenters. The molecular formula is C29H28Br2Cl2F2NO5P5S. The van der Waals surface area contributed by atoms with Gasteiger partial charge >= 0.3 is 5.97 Å². The minimum Gasteiger partial charge on any atom is -0.497 e. The van der Waals surface area contributed by atoms with E-state index in [1.165, 1.54) is 7.11 Å². The van der Waals surface area contributed by atoms with Crippen LogP contribution in [-0.2, 0) is 13.8 Å². The number of ether oxygens (including phenoxy) is 2. The molecule has 0 aromatic heterocycles. The number of hydrogen-bond acceptors (Lipinski definition) is 5. The quantitative estimate of drug-likeness (QED) is 0.0833. The maximum Gasteiger partial charge on any atom is 0.337 e. The molecule has 18 heteroatoms. The molecule has 0 bridgehead atoms. The summed E-state index contributed by atoms with van der Waals surface area (Å²) >= 11 is 12.9. The summed E-state index contributed by atoms with van der Waals surface area (Å²) in [6.45, 7) is 7.02. The van der Waals surface area contributed by atoms with Gasteiger partial charge in [-0.1, -0.05) is 93.9 Å². The normalized spacial score (nSPS) is 10.6. The predicted octanol–water partition coefficient (Wildman–Crippen LogP) is 12.5. The molecule has 47 heavy (non-hydrogen) atoms. The average Bonchev–Trinajstić information content (AvgIpc) is 3.05. The smallest absolute Gasteiger partial charge is 0.337 e. The van der Waals surface area contributed by atoms with Crippen molar-refractivity contribution in [3.05, 3.63) is 121 Å². The molecule has 6 nitrogen and oxygen atoms in total. The second-order valence-corrected chi connectivity index (χ2v) is 27.1. The third-order valence-corrected chi connectivity index (χ3v) is 20.3. The number of hydrogen-bond donors (Lipinski definition) is 0. The average molecular weight is 926 g/mol. The molecule has 0 aliphatic rings. The van der Waals surface area contributed by atoms with Gasteiger partial charge in [-0.3, -0.25) is 0 Å². The highest BCUT2D eigenvalue weighted by atomic mass is 79.9. The van der Waals surface area contributed by atoms with E-state index in [1.807, 2.05) is 30.3 Å². The first-order valence-corrected chi connectivity index (χ1v) is 25.0. The summed E-state index contributed by atoms with van der Waals surface area (Å²) in [6, 6.07) is 22.4. The number of methoxy groups -OCH3 is 2. The molecule has 0 radical (unpaired) electrons. The van der Waals surface area contributed by atoms with E-state index in [2.05, 4.69) is 68.2 Å². The van der Waals surface area contributed by atoms with Crippen molar-refractivity contribution in [1.29, 1.82) is 0 Å². The summed E-state index contributed by atoms with van der Waals surface area (Å²) in [5.41, 5.74) is 2.66. The Morgan fingerprint density at radius 1 is 1.00 bits per heavy atom. The lowest BCUT2D eigenvalue weighted by Crippen LogP contribution is -2.00. The zero-order valence-corrected chi connectivity index (χ0v) is 35.4. The van der Waals surface area contributed by atoms with Crippen LogP contribution in [0, 0.1) is 6.57 Å². The molecular weight excluding hydrogens is 898 g/mol. The number of esters is 1. The molecule has 252 valence electrons. The van der Waals surface area contributed by atoms with Gasteiger partial charge in [0.1, 0.15) is 5.75 Å². The number of benzene rings is 4. The van der Waals surface area contributed by atoms with Crippen molar-refractivity contribution in [3.8, 4) is 16.9 Å². The van der Waals surface area contributed by atoms with Crippen molar-refractivity contribution in [2.75, 3.05) is 14.2 Å². The van der Waals surface area contributed by atoms with E-state index in [9.17, 15) is 22.0 Å². The van der Waals surface area contributed by atoms with Gasteiger partial charge in [-0.25, -0.2) is 26.8 Å². The minimum absolute atomic E-state index is 0.182. The monoisotopic (exact) mass is 923 g/mol. The zero-order chi connectivity index (χ0) is 35.7. The van der Waals surface area contributed by atoms with E-state index < -0.39 is 21.4 Å². The van der Waals surface area contributed by atoms with Gasteiger partial charge in [0.2, 0.25) is 5.69 Å². The van der Waals surface area contributed by atoms with Crippen molar-refractivity contribution in [2.24, 2.45) is 0 Å². The van der Waals surface area contributed by atoms with Crippen LogP contribution in [-0.4, -0.2) is 28.6 Å². The number of halogens is 6. The maximum absolute atomic E-state index is 12.0. The van der Waals surface area contributed by atoms with Gasteiger partial charge in [0.25, 0.3) is 15.5 Å². The van der Waals surface area contributed by atoms with Gasteiger partial charge in [0, 0.05) is 31.3 Å². The van der Waals surface area contributed by atoms with E-state index in [1.54, 1.807) is 37.4 Å². The summed E-state index contributed by atoms with van der Waals surface area (Å²) < 4.78 is 56.8. The first-order valence-electron chi connectivity index (χ1n) is 12.5. The minimum atomic E-state index is -3.82. The van der Waals surface area contributed by atoms with Gasteiger partial charge in [0.05, 0.1) is 35.7 Å². The molecule has 4 aromatic rings. The first kappa shape index (κ1) is 44.2. The Bertz CT molecular complexity index is 1770. The molecule has 0 heterocycles. The van der Waals surface area contributed by atoms with E-state index in [0.717, 1.165) is 52.3 Å². The lowest BCUT2D eigenvalue weighted by atomic mass is 10.0. The van der Waals surface area contributed by atoms with E-state index in [4.69, 9.17) is 33.6 Å². The van der Waals surface area contributed by atoms with Crippen LogP contribution in [0.25, 0.3) is 16.0 Å². The highest BCUT2D eigenvalue weighted by Gasteiger charge is 2.12. The van der Waals surface area contributed by atoms with Gasteiger partial charge in [-0.15, -0.1) is 26.8 Å². The molecule has 0 fully saturated rings. The zero-order valence-electron chi connectivity index (χ0n) is 24.5. The Labute approximate surface area is 309 Å². The summed E-state index contributed by atoms with van der Waals surface area (Å²) in [6.07, 6.45) is -2.60. The lowest BCUT2D eigenvalue weighted by Gasteiger charge is -2.07. The molecule has 4 aromatic carbocycles. The number of carbonyl (C=O) groups excluding carboxylic acids is 1. The number of rotatable bonds is 6. The Kier molecular flexibility index (Phi) is 21.4. The van der Waals surface area contributed by atoms with Crippen LogP contribution < -0.4 is 4.74 Å². The third kappa shape index (κ3) is 16.1. The lowest BCUT2D eigenvalue weighted by molar-refractivity contribution is 0.0600. The van der Waals surface area contributed by atoms with Crippen LogP contribution >= 0.6 is 95.9 Å². The second-order valence-electron chi connectivity index (χ2n) is 8.45. The number of alkyl halides is 2. The Morgan fingerprint density at radius 2 is 1.60 bits per heavy atom. The fourth-order valence-corrected chi connectivity index (χ4v) is 5.14. The van der Waals surface area contributed by atoms with Crippen molar-refractivity contribution >= 4 is 117 Å². The van der Waals surface area contributed by atoms with Crippen molar-refractivity contribution < 1.29 is 31.5 Å². The Morgan fingerprint density at radius 3 is 2.04 bits per heavy atom. The number of carbonyl (C=O) groups is 1. The van der Waals surface area contributed by atoms with Gasteiger partial charge in [-0.2, -0.15) is 0 Å². The third-order valence-electron chi connectivity index (χ3n) is 5.37. The predicted molar refractivity (Wildman–Crippen MR) is 212 cm³/mol. The summed E-state index contributed by atoms with van der Waals surface area (Å²) in [5, 5.41) is 0.524. The second kappa shape index (κ2) is 22.8. The summed E-state index contributed by atoms with van der Waals surface area (Å²) in [4.78, 5) is 14.5. The highest BCUT2D eigenvalue weighted by Crippen LogP contribution is 2.71. The fourth-order valence-electron chi connectivity index (χ4n) is 3.17. The molecule has 0 saturated heterocycles. The van der Waals surface area contributed by atoms with Gasteiger partial charge in [0.15, 0.2) is 0 Å². The van der Waals surface area contributed by atoms with E-state index in [-0.39, 0.29) is 17.4 Å². The molecule has 0 saturated carbocycles. The van der Waals surface area contributed by atoms with Crippen LogP contribution in [0.4, 0.5) is 14.5 Å².